The number of carbonyl (C=O) groups is 1. The van der Waals surface area contributed by atoms with Crippen LogP contribution in [0.4, 0.5) is 0 Å². The van der Waals surface area contributed by atoms with Gasteiger partial charge in [-0.15, -0.1) is 0 Å². The minimum atomic E-state index is -0.531. The van der Waals surface area contributed by atoms with E-state index in [4.69, 9.17) is 9.47 Å². The molecule has 1 aromatic carbocycles. The van der Waals surface area contributed by atoms with Crippen LogP contribution < -0.4 is 4.74 Å². The maximum Gasteiger partial charge on any atom is 0.312 e. The van der Waals surface area contributed by atoms with Gasteiger partial charge in [-0.2, -0.15) is 0 Å². The van der Waals surface area contributed by atoms with Gasteiger partial charge in [0.25, 0.3) is 0 Å². The molecule has 0 radical (unpaired) electrons. The van der Waals surface area contributed by atoms with Crippen molar-refractivity contribution in [3.8, 4) is 11.5 Å². The van der Waals surface area contributed by atoms with E-state index >= 15 is 0 Å². The van der Waals surface area contributed by atoms with Gasteiger partial charge in [-0.05, 0) is 78.4 Å². The number of hydrogen-bond acceptors (Lipinski definition) is 4. The molecule has 1 N–H and O–H groups in total. The molecule has 0 saturated carbocycles. The zero-order valence-corrected chi connectivity index (χ0v) is 17.1. The molecule has 1 rings (SSSR count). The molecule has 0 spiro atoms. The van der Waals surface area contributed by atoms with E-state index in [1.54, 1.807) is 20.1 Å². The van der Waals surface area contributed by atoms with Crippen LogP contribution in [0, 0.1) is 12.6 Å². The number of carbonyl (C=O) groups excluding carboxylic acids is 1. The summed E-state index contributed by atoms with van der Waals surface area (Å²) in [4.78, 5) is 12.2. The van der Waals surface area contributed by atoms with Crippen LogP contribution in [-0.4, -0.2) is 18.2 Å². The van der Waals surface area contributed by atoms with Crippen molar-refractivity contribution in [2.45, 2.75) is 40.2 Å². The number of phenolic OH excluding ortho intramolecular Hbond substituents is 1. The molecule has 0 bridgehead atoms. The lowest BCUT2D eigenvalue weighted by Crippen LogP contribution is -2.26. The van der Waals surface area contributed by atoms with Gasteiger partial charge >= 0.3 is 5.97 Å². The molecular weight excluding hydrogens is 498 g/mol. The van der Waals surface area contributed by atoms with Crippen LogP contribution in [0.1, 0.15) is 45.8 Å². The molecule has 0 aliphatic heterocycles. The number of hydrogen-bond donors (Lipinski definition) is 1. The Kier molecular flexibility index (Phi) is 6.57. The van der Waals surface area contributed by atoms with Gasteiger partial charge in [-0.1, -0.05) is 6.92 Å². The standard InChI is InChI=1S/C15H20I2O4/c1-6-15(3,4)14(19)21-8(2)9-7-10(16)13(20-5)11(17)12(9)18/h7-8,18H,6H2,1-5H3. The summed E-state index contributed by atoms with van der Waals surface area (Å²) < 4.78 is 12.3. The first-order chi connectivity index (χ1) is 9.65. The fraction of sp³-hybridized carbons (Fsp3) is 0.533. The Balaban J connectivity index is 3.09. The molecule has 118 valence electrons. The van der Waals surface area contributed by atoms with E-state index in [1.165, 1.54) is 0 Å². The van der Waals surface area contributed by atoms with Crippen LogP contribution in [-0.2, 0) is 9.53 Å². The number of esters is 1. The van der Waals surface area contributed by atoms with E-state index < -0.39 is 11.5 Å². The fourth-order valence-corrected chi connectivity index (χ4v) is 3.80. The minimum absolute atomic E-state index is 0.0995. The molecule has 0 aliphatic carbocycles. The van der Waals surface area contributed by atoms with E-state index in [0.29, 0.717) is 21.3 Å². The molecule has 6 heteroatoms. The Morgan fingerprint density at radius 2 is 2.00 bits per heavy atom. The first kappa shape index (κ1) is 18.8. The molecule has 0 heterocycles. The zero-order chi connectivity index (χ0) is 16.4. The Morgan fingerprint density at radius 1 is 1.43 bits per heavy atom. The van der Waals surface area contributed by atoms with Gasteiger partial charge in [0.15, 0.2) is 0 Å². The van der Waals surface area contributed by atoms with Crippen LogP contribution >= 0.6 is 45.2 Å². The summed E-state index contributed by atoms with van der Waals surface area (Å²) >= 11 is 4.16. The Labute approximate surface area is 152 Å². The Bertz CT molecular complexity index is 541. The average Bonchev–Trinajstić information content (AvgIpc) is 2.43. The number of phenols is 1. The number of aromatic hydroxyl groups is 1. The Morgan fingerprint density at radius 3 is 2.48 bits per heavy atom. The van der Waals surface area contributed by atoms with Crippen molar-refractivity contribution in [3.05, 3.63) is 18.8 Å². The monoisotopic (exact) mass is 518 g/mol. The van der Waals surface area contributed by atoms with Crippen LogP contribution in [0.3, 0.4) is 0 Å². The van der Waals surface area contributed by atoms with E-state index in [0.717, 1.165) is 3.57 Å². The van der Waals surface area contributed by atoms with E-state index in [-0.39, 0.29) is 11.7 Å². The maximum atomic E-state index is 12.2. The summed E-state index contributed by atoms with van der Waals surface area (Å²) in [6.45, 7) is 7.41. The molecule has 0 amide bonds. The fourth-order valence-electron chi connectivity index (χ4n) is 1.63. The highest BCUT2D eigenvalue weighted by Gasteiger charge is 2.30. The van der Waals surface area contributed by atoms with Crippen LogP contribution in [0.2, 0.25) is 0 Å². The minimum Gasteiger partial charge on any atom is -0.506 e. The lowest BCUT2D eigenvalue weighted by molar-refractivity contribution is -0.159. The number of halogens is 2. The highest BCUT2D eigenvalue weighted by Crippen LogP contribution is 2.40. The third-order valence-electron chi connectivity index (χ3n) is 3.54. The van der Waals surface area contributed by atoms with Crippen molar-refractivity contribution in [3.63, 3.8) is 0 Å². The molecule has 0 fully saturated rings. The van der Waals surface area contributed by atoms with Crippen molar-refractivity contribution in [1.82, 2.24) is 0 Å². The second-order valence-corrected chi connectivity index (χ2v) is 7.67. The summed E-state index contributed by atoms with van der Waals surface area (Å²) in [6.07, 6.45) is 0.179. The lowest BCUT2D eigenvalue weighted by Gasteiger charge is -2.24. The number of methoxy groups -OCH3 is 1. The van der Waals surface area contributed by atoms with Gasteiger partial charge < -0.3 is 14.6 Å². The number of rotatable bonds is 5. The largest absolute Gasteiger partial charge is 0.506 e. The molecule has 0 aliphatic rings. The van der Waals surface area contributed by atoms with Gasteiger partial charge in [-0.25, -0.2) is 0 Å². The highest BCUT2D eigenvalue weighted by atomic mass is 127. The second-order valence-electron chi connectivity index (χ2n) is 5.43. The molecule has 0 saturated heterocycles. The summed E-state index contributed by atoms with van der Waals surface area (Å²) in [6, 6.07) is 1.79. The summed E-state index contributed by atoms with van der Waals surface area (Å²) in [5.41, 5.74) is 0.0567. The van der Waals surface area contributed by atoms with Crippen LogP contribution in [0.15, 0.2) is 6.07 Å². The predicted octanol–water partition coefficient (Wildman–Crippen LogP) is 4.65. The van der Waals surface area contributed by atoms with Crippen molar-refractivity contribution >= 4 is 51.2 Å². The Hall–Kier alpha value is -0.250. The topological polar surface area (TPSA) is 55.8 Å². The van der Waals surface area contributed by atoms with Crippen molar-refractivity contribution in [2.75, 3.05) is 7.11 Å². The third kappa shape index (κ3) is 4.14. The first-order valence-corrected chi connectivity index (χ1v) is 8.77. The van der Waals surface area contributed by atoms with Gasteiger partial charge in [0.2, 0.25) is 0 Å². The van der Waals surface area contributed by atoms with Gasteiger partial charge in [0.1, 0.15) is 17.6 Å². The molecule has 1 unspecified atom stereocenters. The molecule has 21 heavy (non-hydrogen) atoms. The molecule has 4 nitrogen and oxygen atoms in total. The predicted molar refractivity (Wildman–Crippen MR) is 98.7 cm³/mol. The first-order valence-electron chi connectivity index (χ1n) is 6.61. The average molecular weight is 518 g/mol. The normalized spacial score (nSPS) is 12.9. The smallest absolute Gasteiger partial charge is 0.312 e. The number of benzene rings is 1. The number of ether oxygens (including phenoxy) is 2. The summed E-state index contributed by atoms with van der Waals surface area (Å²) in [7, 11) is 1.56. The highest BCUT2D eigenvalue weighted by molar-refractivity contribution is 14.1. The zero-order valence-electron chi connectivity index (χ0n) is 12.8. The van der Waals surface area contributed by atoms with Crippen molar-refractivity contribution in [1.29, 1.82) is 0 Å². The molecule has 1 atom stereocenters. The summed E-state index contributed by atoms with van der Waals surface area (Å²) in [5.74, 6) is 0.463. The quantitative estimate of drug-likeness (QED) is 0.456. The van der Waals surface area contributed by atoms with Crippen LogP contribution in [0.5, 0.6) is 11.5 Å². The van der Waals surface area contributed by atoms with E-state index in [2.05, 4.69) is 22.6 Å². The molecule has 1 aromatic rings. The lowest BCUT2D eigenvalue weighted by atomic mass is 9.90. The summed E-state index contributed by atoms with van der Waals surface area (Å²) in [5, 5.41) is 10.3. The van der Waals surface area contributed by atoms with E-state index in [1.807, 2.05) is 43.4 Å². The van der Waals surface area contributed by atoms with Crippen LogP contribution in [0.25, 0.3) is 0 Å². The third-order valence-corrected chi connectivity index (χ3v) is 5.34. The SMILES string of the molecule is CCC(C)(C)C(=O)OC(C)c1cc(I)c(OC)c(I)c1O. The maximum absolute atomic E-state index is 12.2. The molecule has 0 aromatic heterocycles. The van der Waals surface area contributed by atoms with E-state index in [9.17, 15) is 9.90 Å². The van der Waals surface area contributed by atoms with Gasteiger partial charge in [-0.3, -0.25) is 4.79 Å². The second kappa shape index (κ2) is 7.34. The van der Waals surface area contributed by atoms with Gasteiger partial charge in [0, 0.05) is 5.56 Å². The van der Waals surface area contributed by atoms with Crippen molar-refractivity contribution in [2.24, 2.45) is 5.41 Å². The van der Waals surface area contributed by atoms with Crippen molar-refractivity contribution < 1.29 is 19.4 Å². The molecular formula is C15H20I2O4. The van der Waals surface area contributed by atoms with Gasteiger partial charge in [0.05, 0.1) is 19.7 Å².